The van der Waals surface area contributed by atoms with Gasteiger partial charge in [0.25, 0.3) is 0 Å². The Morgan fingerprint density at radius 3 is 2.67 bits per heavy atom. The molecule has 2 aliphatic rings. The van der Waals surface area contributed by atoms with Crippen molar-refractivity contribution < 1.29 is 4.79 Å². The highest BCUT2D eigenvalue weighted by Crippen LogP contribution is 2.43. The van der Waals surface area contributed by atoms with Crippen LogP contribution < -0.4 is 5.32 Å². The van der Waals surface area contributed by atoms with Gasteiger partial charge in [-0.1, -0.05) is 39.7 Å². The van der Waals surface area contributed by atoms with Crippen LogP contribution in [0.1, 0.15) is 63.9 Å². The SMILES string of the molecule is CCC(C(C)C)N1C(=O)C2(CCCC2)NC1c1cccs1. The van der Waals surface area contributed by atoms with Gasteiger partial charge in [0, 0.05) is 10.9 Å². The highest BCUT2D eigenvalue weighted by Gasteiger charge is 2.54. The van der Waals surface area contributed by atoms with Gasteiger partial charge in [0.15, 0.2) is 0 Å². The summed E-state index contributed by atoms with van der Waals surface area (Å²) in [5, 5.41) is 5.83. The lowest BCUT2D eigenvalue weighted by Crippen LogP contribution is -2.46. The van der Waals surface area contributed by atoms with E-state index in [1.807, 2.05) is 0 Å². The van der Waals surface area contributed by atoms with E-state index in [2.05, 4.69) is 48.5 Å². The number of nitrogens with one attached hydrogen (secondary N) is 1. The second-order valence-corrected chi connectivity index (χ2v) is 7.76. The van der Waals surface area contributed by atoms with E-state index in [1.165, 1.54) is 17.7 Å². The monoisotopic (exact) mass is 306 g/mol. The maximum atomic E-state index is 13.2. The first-order chi connectivity index (χ1) is 10.1. The average Bonchev–Trinajstić information content (AvgIpc) is 3.16. The van der Waals surface area contributed by atoms with Gasteiger partial charge in [-0.3, -0.25) is 10.1 Å². The van der Waals surface area contributed by atoms with Crippen molar-refractivity contribution in [1.29, 1.82) is 0 Å². The molecule has 1 aromatic rings. The molecule has 1 N–H and O–H groups in total. The molecule has 2 unspecified atom stereocenters. The third-order valence-electron chi connectivity index (χ3n) is 5.15. The molecule has 0 bridgehead atoms. The summed E-state index contributed by atoms with van der Waals surface area (Å²) in [4.78, 5) is 16.6. The number of carbonyl (C=O) groups is 1. The minimum atomic E-state index is -0.281. The Hall–Kier alpha value is -0.870. The summed E-state index contributed by atoms with van der Waals surface area (Å²) in [6, 6.07) is 4.56. The lowest BCUT2D eigenvalue weighted by atomic mass is 9.95. The van der Waals surface area contributed by atoms with Crippen LogP contribution in [-0.2, 0) is 4.79 Å². The Kier molecular flexibility index (Phi) is 4.10. The van der Waals surface area contributed by atoms with E-state index in [-0.39, 0.29) is 11.7 Å². The van der Waals surface area contributed by atoms with Gasteiger partial charge in [0.1, 0.15) is 6.17 Å². The van der Waals surface area contributed by atoms with Gasteiger partial charge in [-0.25, -0.2) is 0 Å². The van der Waals surface area contributed by atoms with E-state index >= 15 is 0 Å². The molecule has 0 aromatic carbocycles. The second-order valence-electron chi connectivity index (χ2n) is 6.78. The number of carbonyl (C=O) groups excluding carboxylic acids is 1. The van der Waals surface area contributed by atoms with Gasteiger partial charge in [0.05, 0.1) is 5.54 Å². The number of hydrogen-bond acceptors (Lipinski definition) is 3. The normalized spacial score (nSPS) is 26.2. The Labute approximate surface area is 131 Å². The lowest BCUT2D eigenvalue weighted by Gasteiger charge is -2.34. The van der Waals surface area contributed by atoms with Crippen LogP contribution in [-0.4, -0.2) is 22.4 Å². The van der Waals surface area contributed by atoms with Gasteiger partial charge >= 0.3 is 0 Å². The smallest absolute Gasteiger partial charge is 0.244 e. The Morgan fingerprint density at radius 2 is 2.14 bits per heavy atom. The van der Waals surface area contributed by atoms with Crippen LogP contribution in [0, 0.1) is 5.92 Å². The number of amides is 1. The van der Waals surface area contributed by atoms with Crippen molar-refractivity contribution in [1.82, 2.24) is 10.2 Å². The molecule has 21 heavy (non-hydrogen) atoms. The fraction of sp³-hybridized carbons (Fsp3) is 0.706. The fourth-order valence-corrected chi connectivity index (χ4v) is 4.85. The van der Waals surface area contributed by atoms with Crippen LogP contribution >= 0.6 is 11.3 Å². The molecule has 2 atom stereocenters. The van der Waals surface area contributed by atoms with Gasteiger partial charge in [-0.05, 0) is 36.6 Å². The average molecular weight is 306 g/mol. The molecular weight excluding hydrogens is 280 g/mol. The van der Waals surface area contributed by atoms with E-state index in [0.717, 1.165) is 19.3 Å². The van der Waals surface area contributed by atoms with Crippen LogP contribution in [0.2, 0.25) is 0 Å². The summed E-state index contributed by atoms with van der Waals surface area (Å²) in [7, 11) is 0. The van der Waals surface area contributed by atoms with Crippen LogP contribution in [0.3, 0.4) is 0 Å². The number of rotatable bonds is 4. The lowest BCUT2D eigenvalue weighted by molar-refractivity contribution is -0.136. The molecule has 1 saturated carbocycles. The second kappa shape index (κ2) is 5.73. The molecule has 4 heteroatoms. The third kappa shape index (κ3) is 2.42. The van der Waals surface area contributed by atoms with E-state index in [1.54, 1.807) is 11.3 Å². The molecular formula is C17H26N2OS. The summed E-state index contributed by atoms with van der Waals surface area (Å²) < 4.78 is 0. The highest BCUT2D eigenvalue weighted by molar-refractivity contribution is 7.10. The molecule has 1 spiro atoms. The first-order valence-electron chi connectivity index (χ1n) is 8.23. The minimum Gasteiger partial charge on any atom is -0.317 e. The van der Waals surface area contributed by atoms with Gasteiger partial charge < -0.3 is 4.90 Å². The van der Waals surface area contributed by atoms with Crippen molar-refractivity contribution in [3.05, 3.63) is 22.4 Å². The zero-order valence-electron chi connectivity index (χ0n) is 13.3. The van der Waals surface area contributed by atoms with Crippen molar-refractivity contribution in [2.75, 3.05) is 0 Å². The van der Waals surface area contributed by atoms with Crippen molar-refractivity contribution in [2.45, 2.75) is 70.6 Å². The van der Waals surface area contributed by atoms with E-state index in [0.29, 0.717) is 17.9 Å². The van der Waals surface area contributed by atoms with Crippen molar-refractivity contribution in [3.8, 4) is 0 Å². The molecule has 1 saturated heterocycles. The number of nitrogens with zero attached hydrogens (tertiary/aromatic N) is 1. The van der Waals surface area contributed by atoms with E-state index < -0.39 is 0 Å². The van der Waals surface area contributed by atoms with Gasteiger partial charge in [0.2, 0.25) is 5.91 Å². The van der Waals surface area contributed by atoms with Gasteiger partial charge in [-0.15, -0.1) is 11.3 Å². The molecule has 0 radical (unpaired) electrons. The predicted octanol–water partition coefficient (Wildman–Crippen LogP) is 3.93. The first kappa shape index (κ1) is 15.0. The van der Waals surface area contributed by atoms with Crippen LogP contribution in [0.15, 0.2) is 17.5 Å². The zero-order valence-corrected chi connectivity index (χ0v) is 14.1. The van der Waals surface area contributed by atoms with Crippen LogP contribution in [0.4, 0.5) is 0 Å². The Bertz CT molecular complexity index is 491. The molecule has 2 heterocycles. The quantitative estimate of drug-likeness (QED) is 0.914. The predicted molar refractivity (Wildman–Crippen MR) is 87.2 cm³/mol. The Morgan fingerprint density at radius 1 is 1.43 bits per heavy atom. The summed E-state index contributed by atoms with van der Waals surface area (Å²) in [5.41, 5.74) is -0.281. The van der Waals surface area contributed by atoms with E-state index in [4.69, 9.17) is 0 Å². The summed E-state index contributed by atoms with van der Waals surface area (Å²) in [6.45, 7) is 6.65. The Balaban J connectivity index is 1.98. The largest absolute Gasteiger partial charge is 0.317 e. The molecule has 1 aliphatic carbocycles. The van der Waals surface area contributed by atoms with Crippen LogP contribution in [0.25, 0.3) is 0 Å². The fourth-order valence-electron chi connectivity index (χ4n) is 4.08. The highest BCUT2D eigenvalue weighted by atomic mass is 32.1. The standard InChI is InChI=1S/C17H26N2OS/c1-4-13(12(2)3)19-15(14-8-7-11-21-14)18-17(16(19)20)9-5-6-10-17/h7-8,11-13,15,18H,4-6,9-10H2,1-3H3. The molecule has 1 amide bonds. The molecule has 1 aromatic heterocycles. The molecule has 1 aliphatic heterocycles. The maximum Gasteiger partial charge on any atom is 0.244 e. The minimum absolute atomic E-state index is 0.0722. The third-order valence-corrected chi connectivity index (χ3v) is 6.07. The molecule has 3 nitrogen and oxygen atoms in total. The number of thiophene rings is 1. The van der Waals surface area contributed by atoms with Crippen molar-refractivity contribution in [2.24, 2.45) is 5.92 Å². The van der Waals surface area contributed by atoms with Gasteiger partial charge in [-0.2, -0.15) is 0 Å². The topological polar surface area (TPSA) is 32.3 Å². The zero-order chi connectivity index (χ0) is 15.0. The first-order valence-corrected chi connectivity index (χ1v) is 9.11. The van der Waals surface area contributed by atoms with E-state index in [9.17, 15) is 4.79 Å². The molecule has 3 rings (SSSR count). The summed E-state index contributed by atoms with van der Waals surface area (Å²) in [5.74, 6) is 0.832. The summed E-state index contributed by atoms with van der Waals surface area (Å²) in [6.07, 6.45) is 5.42. The molecule has 2 fully saturated rings. The van der Waals surface area contributed by atoms with Crippen molar-refractivity contribution >= 4 is 17.2 Å². The van der Waals surface area contributed by atoms with Crippen molar-refractivity contribution in [3.63, 3.8) is 0 Å². The molecule has 116 valence electrons. The van der Waals surface area contributed by atoms with Crippen LogP contribution in [0.5, 0.6) is 0 Å². The maximum absolute atomic E-state index is 13.2. The summed E-state index contributed by atoms with van der Waals surface area (Å²) >= 11 is 1.75. The number of hydrogen-bond donors (Lipinski definition) is 1.